The lowest BCUT2D eigenvalue weighted by molar-refractivity contribution is -0.914. The molecule has 1 amide bonds. The smallest absolute Gasteiger partial charge is 0.243 e. The molecule has 1 heterocycles. The molecule has 0 spiro atoms. The summed E-state index contributed by atoms with van der Waals surface area (Å²) in [6.07, 6.45) is 6.50. The highest BCUT2D eigenvalue weighted by Gasteiger charge is 2.23. The summed E-state index contributed by atoms with van der Waals surface area (Å²) < 4.78 is 1.18. The van der Waals surface area contributed by atoms with Gasteiger partial charge in [-0.3, -0.25) is 4.79 Å². The Labute approximate surface area is 92.7 Å². The van der Waals surface area contributed by atoms with Crippen molar-refractivity contribution in [1.29, 1.82) is 0 Å². The summed E-state index contributed by atoms with van der Waals surface area (Å²) >= 11 is 0. The fourth-order valence-electron chi connectivity index (χ4n) is 2.24. The molecule has 0 aliphatic carbocycles. The van der Waals surface area contributed by atoms with Crippen molar-refractivity contribution in [3.8, 4) is 0 Å². The van der Waals surface area contributed by atoms with Crippen LogP contribution in [0.1, 0.15) is 25.7 Å². The van der Waals surface area contributed by atoms with Crippen LogP contribution in [0.2, 0.25) is 0 Å². The molecule has 0 saturated carbocycles. The van der Waals surface area contributed by atoms with Gasteiger partial charge in [-0.1, -0.05) is 6.58 Å². The normalized spacial score (nSPS) is 19.5. The summed E-state index contributed by atoms with van der Waals surface area (Å²) in [5, 5.41) is 2.82. The minimum atomic E-state index is -0.0590. The molecule has 1 saturated heterocycles. The molecule has 86 valence electrons. The van der Waals surface area contributed by atoms with Crippen LogP contribution in [-0.4, -0.2) is 43.6 Å². The van der Waals surface area contributed by atoms with Gasteiger partial charge in [-0.05, 0) is 25.3 Å². The molecule has 0 bridgehead atoms. The molecule has 1 rings (SSSR count). The second kappa shape index (κ2) is 5.91. The lowest BCUT2D eigenvalue weighted by Crippen LogP contribution is -2.49. The zero-order chi connectivity index (χ0) is 11.1. The van der Waals surface area contributed by atoms with Crippen LogP contribution in [-0.2, 0) is 4.79 Å². The van der Waals surface area contributed by atoms with Gasteiger partial charge in [0.05, 0.1) is 26.7 Å². The number of amides is 1. The van der Waals surface area contributed by atoms with Gasteiger partial charge < -0.3 is 9.80 Å². The third-order valence-electron chi connectivity index (χ3n) is 3.26. The van der Waals surface area contributed by atoms with Crippen LogP contribution in [0.15, 0.2) is 12.7 Å². The SMILES string of the molecule is C=CC(=O)NCCC[N+]1(C)CCCCC1. The number of quaternary nitrogens is 1. The second-order valence-corrected chi connectivity index (χ2v) is 4.70. The lowest BCUT2D eigenvalue weighted by Gasteiger charge is -2.37. The van der Waals surface area contributed by atoms with E-state index in [-0.39, 0.29) is 5.91 Å². The van der Waals surface area contributed by atoms with Crippen molar-refractivity contribution in [3.05, 3.63) is 12.7 Å². The number of rotatable bonds is 5. The van der Waals surface area contributed by atoms with Crippen LogP contribution >= 0.6 is 0 Å². The molecule has 3 heteroatoms. The predicted octanol–water partition coefficient (Wildman–Crippen LogP) is 1.31. The van der Waals surface area contributed by atoms with Crippen molar-refractivity contribution in [2.75, 3.05) is 33.2 Å². The fourth-order valence-corrected chi connectivity index (χ4v) is 2.24. The number of piperidine rings is 1. The number of hydrogen-bond acceptors (Lipinski definition) is 1. The van der Waals surface area contributed by atoms with Crippen molar-refractivity contribution >= 4 is 5.91 Å². The number of nitrogens with zero attached hydrogens (tertiary/aromatic N) is 1. The number of hydrogen-bond donors (Lipinski definition) is 1. The fraction of sp³-hybridized carbons (Fsp3) is 0.750. The summed E-state index contributed by atoms with van der Waals surface area (Å²) in [6.45, 7) is 7.98. The van der Waals surface area contributed by atoms with Gasteiger partial charge in [-0.25, -0.2) is 0 Å². The van der Waals surface area contributed by atoms with E-state index < -0.39 is 0 Å². The van der Waals surface area contributed by atoms with Gasteiger partial charge in [0.25, 0.3) is 0 Å². The standard InChI is InChI=1S/C12H22N2O/c1-3-12(15)13-8-7-11-14(2)9-5-4-6-10-14/h3H,1,4-11H2,2H3/p+1. The Morgan fingerprint density at radius 3 is 2.67 bits per heavy atom. The largest absolute Gasteiger partial charge is 0.352 e. The van der Waals surface area contributed by atoms with Crippen molar-refractivity contribution < 1.29 is 9.28 Å². The Morgan fingerprint density at radius 2 is 2.07 bits per heavy atom. The van der Waals surface area contributed by atoms with Gasteiger partial charge in [0.15, 0.2) is 0 Å². The summed E-state index contributed by atoms with van der Waals surface area (Å²) in [7, 11) is 2.33. The van der Waals surface area contributed by atoms with E-state index in [1.54, 1.807) is 0 Å². The average molecular weight is 211 g/mol. The molecule has 0 aromatic rings. The van der Waals surface area contributed by atoms with Gasteiger partial charge in [0, 0.05) is 13.0 Å². The van der Waals surface area contributed by atoms with E-state index in [9.17, 15) is 4.79 Å². The number of nitrogens with one attached hydrogen (secondary N) is 1. The van der Waals surface area contributed by atoms with E-state index in [1.807, 2.05) is 0 Å². The van der Waals surface area contributed by atoms with Gasteiger partial charge >= 0.3 is 0 Å². The van der Waals surface area contributed by atoms with Crippen LogP contribution in [0.5, 0.6) is 0 Å². The molecular weight excluding hydrogens is 188 g/mol. The van der Waals surface area contributed by atoms with Crippen LogP contribution in [0.4, 0.5) is 0 Å². The van der Waals surface area contributed by atoms with E-state index in [4.69, 9.17) is 0 Å². The van der Waals surface area contributed by atoms with Gasteiger partial charge in [-0.2, -0.15) is 0 Å². The molecule has 1 N–H and O–H groups in total. The average Bonchev–Trinajstić information content (AvgIpc) is 2.25. The van der Waals surface area contributed by atoms with Gasteiger partial charge in [0.2, 0.25) is 5.91 Å². The van der Waals surface area contributed by atoms with Crippen molar-refractivity contribution in [1.82, 2.24) is 5.32 Å². The second-order valence-electron chi connectivity index (χ2n) is 4.70. The van der Waals surface area contributed by atoms with Crippen molar-refractivity contribution in [3.63, 3.8) is 0 Å². The zero-order valence-corrected chi connectivity index (χ0v) is 9.80. The van der Waals surface area contributed by atoms with Crippen LogP contribution in [0, 0.1) is 0 Å². The number of likely N-dealkylation sites (tertiary alicyclic amines) is 1. The number of carbonyl (C=O) groups is 1. The first-order chi connectivity index (χ1) is 7.16. The molecule has 0 atom stereocenters. The molecule has 15 heavy (non-hydrogen) atoms. The quantitative estimate of drug-likeness (QED) is 0.415. The first kappa shape index (κ1) is 12.2. The van der Waals surface area contributed by atoms with E-state index >= 15 is 0 Å². The molecule has 1 aliphatic rings. The van der Waals surface area contributed by atoms with Crippen LogP contribution in [0.25, 0.3) is 0 Å². The molecule has 0 radical (unpaired) electrons. The molecule has 0 aromatic heterocycles. The summed E-state index contributed by atoms with van der Waals surface area (Å²) in [5.41, 5.74) is 0. The topological polar surface area (TPSA) is 29.1 Å². The van der Waals surface area contributed by atoms with Crippen molar-refractivity contribution in [2.45, 2.75) is 25.7 Å². The van der Waals surface area contributed by atoms with Crippen LogP contribution < -0.4 is 5.32 Å². The van der Waals surface area contributed by atoms with Crippen LogP contribution in [0.3, 0.4) is 0 Å². The minimum Gasteiger partial charge on any atom is -0.352 e. The molecular formula is C12H23N2O+. The van der Waals surface area contributed by atoms with Gasteiger partial charge in [0.1, 0.15) is 0 Å². The first-order valence-corrected chi connectivity index (χ1v) is 5.90. The highest BCUT2D eigenvalue weighted by molar-refractivity contribution is 5.86. The Morgan fingerprint density at radius 1 is 1.40 bits per heavy atom. The Kier molecular flexibility index (Phi) is 4.82. The molecule has 3 nitrogen and oxygen atoms in total. The van der Waals surface area contributed by atoms with Crippen molar-refractivity contribution in [2.24, 2.45) is 0 Å². The highest BCUT2D eigenvalue weighted by Crippen LogP contribution is 2.16. The molecule has 0 aromatic carbocycles. The maximum absolute atomic E-state index is 10.9. The lowest BCUT2D eigenvalue weighted by atomic mass is 10.1. The molecule has 1 fully saturated rings. The maximum atomic E-state index is 10.9. The van der Waals surface area contributed by atoms with E-state index in [0.717, 1.165) is 13.0 Å². The first-order valence-electron chi connectivity index (χ1n) is 5.90. The monoisotopic (exact) mass is 211 g/mol. The van der Waals surface area contributed by atoms with E-state index in [2.05, 4.69) is 18.9 Å². The maximum Gasteiger partial charge on any atom is 0.243 e. The summed E-state index contributed by atoms with van der Waals surface area (Å²) in [5.74, 6) is -0.0590. The summed E-state index contributed by atoms with van der Waals surface area (Å²) in [4.78, 5) is 10.9. The van der Waals surface area contributed by atoms with Gasteiger partial charge in [-0.15, -0.1) is 0 Å². The molecule has 1 aliphatic heterocycles. The Hall–Kier alpha value is -0.830. The Balaban J connectivity index is 2.13. The highest BCUT2D eigenvalue weighted by atomic mass is 16.1. The zero-order valence-electron chi connectivity index (χ0n) is 9.80. The summed E-state index contributed by atoms with van der Waals surface area (Å²) in [6, 6.07) is 0. The van der Waals surface area contributed by atoms with E-state index in [1.165, 1.54) is 49.5 Å². The molecule has 0 unspecified atom stereocenters. The third kappa shape index (κ3) is 4.47. The van der Waals surface area contributed by atoms with E-state index in [0.29, 0.717) is 0 Å². The number of carbonyl (C=O) groups excluding carboxylic acids is 1. The third-order valence-corrected chi connectivity index (χ3v) is 3.26. The predicted molar refractivity (Wildman–Crippen MR) is 62.5 cm³/mol. The Bertz CT molecular complexity index is 220. The minimum absolute atomic E-state index is 0.0590.